The Morgan fingerprint density at radius 3 is 2.53 bits per heavy atom. The van der Waals surface area contributed by atoms with Crippen LogP contribution in [0, 0.1) is 0 Å². The minimum Gasteiger partial charge on any atom is -0.379 e. The van der Waals surface area contributed by atoms with Crippen molar-refractivity contribution in [3.8, 4) is 0 Å². The zero-order valence-corrected chi connectivity index (χ0v) is 10.2. The highest BCUT2D eigenvalue weighted by Crippen LogP contribution is 1.96. The van der Waals surface area contributed by atoms with Crippen molar-refractivity contribution in [3.05, 3.63) is 0 Å². The minimum atomic E-state index is 0. The zero-order chi connectivity index (χ0) is 11.5. The van der Waals surface area contributed by atoms with Crippen molar-refractivity contribution in [3.63, 3.8) is 0 Å². The van der Waals surface area contributed by atoms with E-state index in [1.165, 1.54) is 0 Å². The molecule has 15 heavy (non-hydrogen) atoms. The lowest BCUT2D eigenvalue weighted by Crippen LogP contribution is -2.38. The smallest absolute Gasteiger partial charge is 0.216 e. The Morgan fingerprint density at radius 1 is 1.40 bits per heavy atom. The molecule has 0 aromatic carbocycles. The Kier molecular flexibility index (Phi) is 9.52. The molecule has 1 amide bonds. The second-order valence-electron chi connectivity index (χ2n) is 3.29. The Balaban J connectivity index is 0. The van der Waals surface area contributed by atoms with Gasteiger partial charge in [0.25, 0.3) is 0 Å². The number of hydrogen-bond acceptors (Lipinski definition) is 3. The number of nitrogens with one attached hydrogen (secondary N) is 1. The predicted molar refractivity (Wildman–Crippen MR) is 64.0 cm³/mol. The van der Waals surface area contributed by atoms with Gasteiger partial charge in [0.15, 0.2) is 0 Å². The average Bonchev–Trinajstić information content (AvgIpc) is 2.28. The van der Waals surface area contributed by atoms with Gasteiger partial charge in [-0.25, -0.2) is 0 Å². The third-order valence-corrected chi connectivity index (χ3v) is 2.13. The van der Waals surface area contributed by atoms with Crippen molar-refractivity contribution >= 4 is 5.91 Å². The quantitative estimate of drug-likeness (QED) is 0.719. The van der Waals surface area contributed by atoms with Crippen LogP contribution in [0.15, 0.2) is 0 Å². The first-order valence-electron chi connectivity index (χ1n) is 5.83. The normalized spacial score (nSPS) is 16.5. The molecule has 1 N–H and O–H groups in total. The zero-order valence-electron chi connectivity index (χ0n) is 10.2. The van der Waals surface area contributed by atoms with E-state index in [1.807, 2.05) is 13.8 Å². The van der Waals surface area contributed by atoms with Crippen LogP contribution >= 0.6 is 0 Å². The van der Waals surface area contributed by atoms with Crippen molar-refractivity contribution in [2.75, 3.05) is 39.4 Å². The van der Waals surface area contributed by atoms with Gasteiger partial charge in [-0.2, -0.15) is 0 Å². The summed E-state index contributed by atoms with van der Waals surface area (Å²) in [5, 5.41) is 2.79. The van der Waals surface area contributed by atoms with Gasteiger partial charge in [-0.05, 0) is 13.0 Å². The van der Waals surface area contributed by atoms with Crippen molar-refractivity contribution < 1.29 is 11.0 Å². The summed E-state index contributed by atoms with van der Waals surface area (Å²) in [6.45, 7) is 11.1. The molecule has 1 saturated heterocycles. The maximum atomic E-state index is 10.6. The molecule has 0 radical (unpaired) electrons. The summed E-state index contributed by atoms with van der Waals surface area (Å²) in [5.74, 6) is 0.0574. The van der Waals surface area contributed by atoms with Crippen molar-refractivity contribution in [1.82, 2.24) is 10.2 Å². The van der Waals surface area contributed by atoms with Crippen molar-refractivity contribution in [2.45, 2.75) is 27.2 Å². The van der Waals surface area contributed by atoms with Crippen molar-refractivity contribution in [1.29, 1.82) is 0 Å². The fraction of sp³-hybridized carbons (Fsp3) is 0.909. The first-order valence-corrected chi connectivity index (χ1v) is 5.83. The number of morpholine rings is 1. The molecule has 92 valence electrons. The fourth-order valence-corrected chi connectivity index (χ4v) is 1.39. The van der Waals surface area contributed by atoms with Crippen LogP contribution in [0.4, 0.5) is 0 Å². The summed E-state index contributed by atoms with van der Waals surface area (Å²) in [6, 6.07) is 0. The summed E-state index contributed by atoms with van der Waals surface area (Å²) in [6.07, 6.45) is 1.03. The van der Waals surface area contributed by atoms with Gasteiger partial charge >= 0.3 is 0 Å². The number of ether oxygens (including phenoxy) is 1. The monoisotopic (exact) mass is 218 g/mol. The Labute approximate surface area is 94.5 Å². The topological polar surface area (TPSA) is 41.6 Å². The molecule has 0 saturated carbocycles. The summed E-state index contributed by atoms with van der Waals surface area (Å²) >= 11 is 0. The molecule has 0 unspecified atom stereocenters. The largest absolute Gasteiger partial charge is 0.379 e. The van der Waals surface area contributed by atoms with E-state index in [9.17, 15) is 4.79 Å². The Bertz CT molecular complexity index is 162. The molecule has 1 rings (SSSR count). The molecule has 1 fully saturated rings. The maximum absolute atomic E-state index is 10.6. The molecule has 0 bridgehead atoms. The van der Waals surface area contributed by atoms with E-state index in [2.05, 4.69) is 10.2 Å². The highest BCUT2D eigenvalue weighted by atomic mass is 16.5. The molecule has 1 aliphatic rings. The van der Waals surface area contributed by atoms with E-state index in [-0.39, 0.29) is 7.33 Å². The van der Waals surface area contributed by atoms with E-state index in [0.29, 0.717) is 0 Å². The number of nitrogens with zero attached hydrogens (tertiary/aromatic N) is 1. The molecule has 1 aliphatic heterocycles. The predicted octanol–water partition coefficient (Wildman–Crippen LogP) is 1.12. The molecule has 0 aromatic heterocycles. The van der Waals surface area contributed by atoms with Crippen LogP contribution in [-0.4, -0.2) is 50.2 Å². The van der Waals surface area contributed by atoms with Crippen LogP contribution in [0.25, 0.3) is 0 Å². The molecule has 0 spiro atoms. The van der Waals surface area contributed by atoms with Crippen LogP contribution < -0.4 is 5.32 Å². The molecular weight excluding hydrogens is 192 g/mol. The molecular formula is C11H26N2O2. The van der Waals surface area contributed by atoms with E-state index in [1.54, 1.807) is 6.92 Å². The average molecular weight is 218 g/mol. The molecule has 0 atom stereocenters. The van der Waals surface area contributed by atoms with Crippen molar-refractivity contribution in [2.24, 2.45) is 0 Å². The van der Waals surface area contributed by atoms with Crippen LogP contribution in [0.3, 0.4) is 0 Å². The minimum absolute atomic E-state index is 0. The van der Waals surface area contributed by atoms with E-state index < -0.39 is 0 Å². The van der Waals surface area contributed by atoms with Gasteiger partial charge in [0, 0.05) is 28.0 Å². The van der Waals surface area contributed by atoms with Crippen LogP contribution in [0.5, 0.6) is 0 Å². The number of carbonyl (C=O) groups is 1. The molecule has 1 heterocycles. The Hall–Kier alpha value is -0.610. The standard InChI is InChI=1S/C9H18N2O2.C2H6.H2/c1-9(12)10-3-2-4-11-5-7-13-8-6-11;1-2;/h2-8H2,1H3,(H,10,12);1-2H3;1H. The van der Waals surface area contributed by atoms with Gasteiger partial charge in [-0.1, -0.05) is 13.8 Å². The SMILES string of the molecule is CC.CC(=O)NCCCN1CCOCC1.[HH]. The molecule has 4 heteroatoms. The highest BCUT2D eigenvalue weighted by molar-refractivity contribution is 5.72. The Morgan fingerprint density at radius 2 is 2.00 bits per heavy atom. The van der Waals surface area contributed by atoms with Crippen LogP contribution in [0.1, 0.15) is 28.6 Å². The van der Waals surface area contributed by atoms with Crippen LogP contribution in [-0.2, 0) is 9.53 Å². The third kappa shape index (κ3) is 8.39. The van der Waals surface area contributed by atoms with Gasteiger partial charge in [0.2, 0.25) is 5.91 Å². The van der Waals surface area contributed by atoms with Gasteiger partial charge in [0.05, 0.1) is 13.2 Å². The maximum Gasteiger partial charge on any atom is 0.216 e. The third-order valence-electron chi connectivity index (χ3n) is 2.13. The van der Waals surface area contributed by atoms with Crippen LogP contribution in [0.2, 0.25) is 0 Å². The second-order valence-corrected chi connectivity index (χ2v) is 3.29. The van der Waals surface area contributed by atoms with Gasteiger partial charge in [-0.3, -0.25) is 9.69 Å². The van der Waals surface area contributed by atoms with Gasteiger partial charge in [0.1, 0.15) is 0 Å². The summed E-state index contributed by atoms with van der Waals surface area (Å²) < 4.78 is 5.23. The number of amides is 1. The number of carbonyl (C=O) groups excluding carboxylic acids is 1. The first kappa shape index (κ1) is 14.4. The van der Waals surface area contributed by atoms with E-state index in [4.69, 9.17) is 4.74 Å². The lowest BCUT2D eigenvalue weighted by atomic mass is 10.3. The molecule has 0 aromatic rings. The second kappa shape index (κ2) is 9.93. The molecule has 0 aliphatic carbocycles. The van der Waals surface area contributed by atoms with E-state index >= 15 is 0 Å². The lowest BCUT2D eigenvalue weighted by Gasteiger charge is -2.26. The number of hydrogen-bond donors (Lipinski definition) is 1. The summed E-state index contributed by atoms with van der Waals surface area (Å²) in [5.41, 5.74) is 0. The number of rotatable bonds is 4. The van der Waals surface area contributed by atoms with Gasteiger partial charge < -0.3 is 10.1 Å². The lowest BCUT2D eigenvalue weighted by molar-refractivity contribution is -0.118. The van der Waals surface area contributed by atoms with Gasteiger partial charge in [-0.15, -0.1) is 0 Å². The van der Waals surface area contributed by atoms with E-state index in [0.717, 1.165) is 45.8 Å². The fourth-order valence-electron chi connectivity index (χ4n) is 1.39. The summed E-state index contributed by atoms with van der Waals surface area (Å²) in [7, 11) is 0. The molecule has 4 nitrogen and oxygen atoms in total. The first-order chi connectivity index (χ1) is 7.29. The highest BCUT2D eigenvalue weighted by Gasteiger charge is 2.08. The summed E-state index contributed by atoms with van der Waals surface area (Å²) in [4.78, 5) is 12.9.